The molecule has 0 saturated heterocycles. The van der Waals surface area contributed by atoms with Crippen molar-refractivity contribution in [3.8, 4) is 79.2 Å². The summed E-state index contributed by atoms with van der Waals surface area (Å²) in [6.07, 6.45) is 0. The molecule has 0 aliphatic heterocycles. The van der Waals surface area contributed by atoms with Gasteiger partial charge in [-0.3, -0.25) is 0 Å². The first-order valence-electron chi connectivity index (χ1n) is 27.9. The maximum atomic E-state index is 9.68. The first kappa shape index (κ1) is 52.2. The van der Waals surface area contributed by atoms with Gasteiger partial charge in [0, 0.05) is 71.2 Å². The standard InChI is InChI=1S/C36H25N3O.C21H17BO3.C15H10ClN3/c1-36(2)29-19-10-9-16-24(29)25-20-21-27-26-17-11-18-28(31(26)40-32(27)30(25)36)35-38-33(22-12-5-3-6-13-22)37-34(39-35)23-14-7-4-8-15-23;1-21(2)16-8-4-3-6-12(16)13-10-11-15-14-7-5-9-17(22(23)24)19(14)25-20(15)18(13)21;16-15-18-13(11-7-3-1-4-8-11)17-14(19-15)12-9-5-2-6-10-12/h3-21H,1-2H3;3-11,23-24H,1-2H3;1-10H. The quantitative estimate of drug-likeness (QED) is 0.154. The zero-order valence-corrected chi connectivity index (χ0v) is 47.0. The molecule has 10 nitrogen and oxygen atoms in total. The molecule has 0 fully saturated rings. The van der Waals surface area contributed by atoms with E-state index in [1.165, 1.54) is 44.5 Å². The van der Waals surface area contributed by atoms with Crippen molar-refractivity contribution in [1.29, 1.82) is 0 Å². The fourth-order valence-corrected chi connectivity index (χ4v) is 12.5. The van der Waals surface area contributed by atoms with Gasteiger partial charge in [-0.1, -0.05) is 240 Å². The van der Waals surface area contributed by atoms with Crippen LogP contribution < -0.4 is 5.46 Å². The number of furan rings is 2. The molecule has 0 spiro atoms. The van der Waals surface area contributed by atoms with Crippen LogP contribution in [0.15, 0.2) is 239 Å². The van der Waals surface area contributed by atoms with Gasteiger partial charge in [-0.05, 0) is 63.2 Å². The summed E-state index contributed by atoms with van der Waals surface area (Å²) in [6.45, 7) is 9.00. The first-order valence-corrected chi connectivity index (χ1v) is 28.2. The van der Waals surface area contributed by atoms with Crippen molar-refractivity contribution in [3.05, 3.63) is 258 Å². The number of halogens is 1. The Kier molecular flexibility index (Phi) is 12.9. The summed E-state index contributed by atoms with van der Waals surface area (Å²) in [5, 5.41) is 23.7. The van der Waals surface area contributed by atoms with Gasteiger partial charge in [0.15, 0.2) is 29.1 Å². The number of benzene rings is 10. The fraction of sp³-hybridized carbons (Fsp3) is 0.0833. The predicted molar refractivity (Wildman–Crippen MR) is 338 cm³/mol. The van der Waals surface area contributed by atoms with E-state index < -0.39 is 7.12 Å². The van der Waals surface area contributed by atoms with Crippen LogP contribution in [0.25, 0.3) is 123 Å². The summed E-state index contributed by atoms with van der Waals surface area (Å²) >= 11 is 5.99. The molecule has 16 rings (SSSR count). The molecule has 0 amide bonds. The number of para-hydroxylation sites is 2. The minimum absolute atomic E-state index is 0.169. The van der Waals surface area contributed by atoms with Gasteiger partial charge in [-0.15, -0.1) is 0 Å². The van der Waals surface area contributed by atoms with E-state index in [0.29, 0.717) is 40.2 Å². The molecule has 12 heteroatoms. The average molecular weight is 1110 g/mol. The van der Waals surface area contributed by atoms with Crippen LogP contribution in [0.3, 0.4) is 0 Å². The third-order valence-electron chi connectivity index (χ3n) is 16.3. The molecule has 4 heterocycles. The van der Waals surface area contributed by atoms with Crippen molar-refractivity contribution >= 4 is 68.1 Å². The number of rotatable bonds is 6. The summed E-state index contributed by atoms with van der Waals surface area (Å²) in [7, 11) is -1.55. The lowest BCUT2D eigenvalue weighted by atomic mass is 9.79. The van der Waals surface area contributed by atoms with Gasteiger partial charge in [0.25, 0.3) is 0 Å². The van der Waals surface area contributed by atoms with Crippen molar-refractivity contribution in [1.82, 2.24) is 29.9 Å². The molecule has 404 valence electrons. The van der Waals surface area contributed by atoms with Crippen molar-refractivity contribution in [3.63, 3.8) is 0 Å². The Morgan fingerprint density at radius 3 is 1.11 bits per heavy atom. The highest BCUT2D eigenvalue weighted by Crippen LogP contribution is 2.54. The molecule has 0 saturated carbocycles. The van der Waals surface area contributed by atoms with Gasteiger partial charge in [-0.2, -0.15) is 9.97 Å². The van der Waals surface area contributed by atoms with Crippen LogP contribution in [0, 0.1) is 0 Å². The molecule has 0 radical (unpaired) electrons. The van der Waals surface area contributed by atoms with Crippen molar-refractivity contribution in [2.45, 2.75) is 38.5 Å². The molecule has 0 bridgehead atoms. The largest absolute Gasteiger partial charge is 0.492 e. The fourth-order valence-electron chi connectivity index (χ4n) is 12.3. The number of hydrogen-bond acceptors (Lipinski definition) is 10. The van der Waals surface area contributed by atoms with Crippen molar-refractivity contribution in [2.75, 3.05) is 0 Å². The lowest BCUT2D eigenvalue weighted by molar-refractivity contribution is 0.425. The smallest absolute Gasteiger partial charge is 0.456 e. The molecule has 2 aliphatic carbocycles. The zero-order valence-electron chi connectivity index (χ0n) is 46.3. The number of aromatic nitrogens is 6. The van der Waals surface area contributed by atoms with Crippen LogP contribution >= 0.6 is 11.6 Å². The van der Waals surface area contributed by atoms with Crippen molar-refractivity contribution in [2.24, 2.45) is 0 Å². The second-order valence-electron chi connectivity index (χ2n) is 22.1. The highest BCUT2D eigenvalue weighted by molar-refractivity contribution is 6.61. The van der Waals surface area contributed by atoms with E-state index >= 15 is 0 Å². The summed E-state index contributed by atoms with van der Waals surface area (Å²) in [5.41, 5.74) is 17.7. The Hall–Kier alpha value is -9.91. The molecule has 2 N–H and O–H groups in total. The van der Waals surface area contributed by atoms with E-state index in [0.717, 1.165) is 66.1 Å². The van der Waals surface area contributed by atoms with Gasteiger partial charge in [0.1, 0.15) is 22.3 Å². The Bertz CT molecular complexity index is 4720. The Labute approximate surface area is 490 Å². The normalized spacial score (nSPS) is 13.1. The van der Waals surface area contributed by atoms with Gasteiger partial charge >= 0.3 is 7.12 Å². The molecule has 10 aromatic carbocycles. The third-order valence-corrected chi connectivity index (χ3v) is 16.5. The molecule has 2 aliphatic rings. The predicted octanol–water partition coefficient (Wildman–Crippen LogP) is 16.5. The average Bonchev–Trinajstić information content (AvgIpc) is 2.09. The van der Waals surface area contributed by atoms with E-state index in [2.05, 4.69) is 128 Å². The summed E-state index contributed by atoms with van der Waals surface area (Å²) < 4.78 is 13.1. The molecule has 84 heavy (non-hydrogen) atoms. The van der Waals surface area contributed by atoms with E-state index in [4.69, 9.17) is 35.4 Å². The highest BCUT2D eigenvalue weighted by atomic mass is 35.5. The molecule has 14 aromatic rings. The van der Waals surface area contributed by atoms with E-state index in [9.17, 15) is 10.0 Å². The van der Waals surface area contributed by atoms with E-state index in [1.807, 2.05) is 140 Å². The van der Waals surface area contributed by atoms with Crippen LogP contribution in [-0.4, -0.2) is 47.1 Å². The Balaban J connectivity index is 0.000000122. The summed E-state index contributed by atoms with van der Waals surface area (Å²) in [4.78, 5) is 27.6. The summed E-state index contributed by atoms with van der Waals surface area (Å²) in [5.74, 6) is 3.03. The van der Waals surface area contributed by atoms with Crippen LogP contribution in [0.5, 0.6) is 0 Å². The number of hydrogen-bond donors (Lipinski definition) is 2. The minimum atomic E-state index is -1.55. The third kappa shape index (κ3) is 8.92. The maximum absolute atomic E-state index is 9.68. The Morgan fingerprint density at radius 1 is 0.321 bits per heavy atom. The van der Waals surface area contributed by atoms with Gasteiger partial charge < -0.3 is 18.9 Å². The van der Waals surface area contributed by atoms with E-state index in [-0.39, 0.29) is 16.1 Å². The van der Waals surface area contributed by atoms with Crippen LogP contribution in [0.4, 0.5) is 0 Å². The number of nitrogens with zero attached hydrogens (tertiary/aromatic N) is 6. The van der Waals surface area contributed by atoms with Gasteiger partial charge in [0.2, 0.25) is 5.28 Å². The van der Waals surface area contributed by atoms with Crippen LogP contribution in [-0.2, 0) is 10.8 Å². The topological polar surface area (TPSA) is 144 Å². The van der Waals surface area contributed by atoms with Gasteiger partial charge in [-0.25, -0.2) is 19.9 Å². The second kappa shape index (κ2) is 20.8. The molecule has 4 aromatic heterocycles. The lowest BCUT2D eigenvalue weighted by Gasteiger charge is -2.21. The SMILES string of the molecule is CC1(C)c2ccccc2-c2ccc3c(oc4c(-c5nc(-c6ccccc6)nc(-c6ccccc6)n5)cccc43)c21.CC1(C)c2ccccc2-c2ccc3c(oc4c(B(O)O)cccc43)c21.Clc1nc(-c2ccccc2)nc(-c2ccccc2)n1. The minimum Gasteiger partial charge on any atom is -0.456 e. The highest BCUT2D eigenvalue weighted by Gasteiger charge is 2.40. The maximum Gasteiger partial charge on any atom is 0.492 e. The Morgan fingerprint density at radius 2 is 0.667 bits per heavy atom. The zero-order chi connectivity index (χ0) is 57.3. The molecular formula is C72H52BClN6O4. The summed E-state index contributed by atoms with van der Waals surface area (Å²) in [6, 6.07) is 77.1. The first-order chi connectivity index (χ1) is 40.9. The van der Waals surface area contributed by atoms with Gasteiger partial charge in [0.05, 0.1) is 5.56 Å². The molecule has 0 atom stereocenters. The van der Waals surface area contributed by atoms with E-state index in [1.54, 1.807) is 6.07 Å². The molecular weight excluding hydrogens is 1060 g/mol. The monoisotopic (exact) mass is 1110 g/mol. The number of fused-ring (bicyclic) bond motifs is 14. The van der Waals surface area contributed by atoms with Crippen LogP contribution in [0.2, 0.25) is 5.28 Å². The second-order valence-corrected chi connectivity index (χ2v) is 22.4. The lowest BCUT2D eigenvalue weighted by Crippen LogP contribution is -2.29. The van der Waals surface area contributed by atoms with Crippen LogP contribution in [0.1, 0.15) is 49.9 Å². The van der Waals surface area contributed by atoms with Crippen molar-refractivity contribution < 1.29 is 18.9 Å². The molecule has 0 unspecified atom stereocenters.